The van der Waals surface area contributed by atoms with Gasteiger partial charge in [0.1, 0.15) is 12.2 Å². The van der Waals surface area contributed by atoms with Crippen LogP contribution in [0.4, 0.5) is 0 Å². The van der Waals surface area contributed by atoms with Gasteiger partial charge >= 0.3 is 11.9 Å². The van der Waals surface area contributed by atoms with E-state index in [4.69, 9.17) is 23.7 Å². The summed E-state index contributed by atoms with van der Waals surface area (Å²) in [4.78, 5) is 27.7. The Kier molecular flexibility index (Phi) is 6.74. The minimum absolute atomic E-state index is 0.00541. The number of rotatable bonds is 7. The van der Waals surface area contributed by atoms with Crippen molar-refractivity contribution in [3.8, 4) is 17.2 Å². The molecule has 2 aliphatic rings. The lowest BCUT2D eigenvalue weighted by Gasteiger charge is -2.36. The normalized spacial score (nSPS) is 24.1. The maximum Gasteiger partial charge on any atom is 0.338 e. The molecule has 8 nitrogen and oxygen atoms in total. The Hall–Kier alpha value is -3.26. The number of hydrogen-bond acceptors (Lipinski definition) is 8. The van der Waals surface area contributed by atoms with Crippen LogP contribution in [0, 0.1) is 0 Å². The maximum absolute atomic E-state index is 12.9. The number of esters is 2. The number of piperidine rings is 1. The molecule has 2 aromatic carbocycles. The second kappa shape index (κ2) is 9.70. The highest BCUT2D eigenvalue weighted by atomic mass is 16.6. The summed E-state index contributed by atoms with van der Waals surface area (Å²) in [6.45, 7) is 0. The van der Waals surface area contributed by atoms with Crippen LogP contribution in [0.5, 0.6) is 17.2 Å². The SMILES string of the molecule is COc1cc(C(=O)OC2CC3CC(OC(=O)c4ccccc4)C(C2)N3C)cc(OC)c1OC. The average Bonchev–Trinajstić information content (AvgIpc) is 3.00. The molecule has 33 heavy (non-hydrogen) atoms. The summed E-state index contributed by atoms with van der Waals surface area (Å²) in [6.07, 6.45) is 1.48. The van der Waals surface area contributed by atoms with E-state index in [1.165, 1.54) is 21.3 Å². The zero-order chi connectivity index (χ0) is 23.5. The summed E-state index contributed by atoms with van der Waals surface area (Å²) in [7, 11) is 6.53. The van der Waals surface area contributed by atoms with Crippen LogP contribution < -0.4 is 14.2 Å². The molecular weight excluding hydrogens is 426 g/mol. The molecule has 2 heterocycles. The molecule has 176 valence electrons. The number of ether oxygens (including phenoxy) is 5. The van der Waals surface area contributed by atoms with Crippen molar-refractivity contribution in [1.82, 2.24) is 4.90 Å². The van der Waals surface area contributed by atoms with E-state index in [1.54, 1.807) is 24.3 Å². The molecule has 0 amide bonds. The second-order valence-corrected chi connectivity index (χ2v) is 8.34. The molecule has 0 spiro atoms. The molecule has 0 N–H and O–H groups in total. The first-order chi connectivity index (χ1) is 15.9. The van der Waals surface area contributed by atoms with Gasteiger partial charge in [-0.15, -0.1) is 0 Å². The van der Waals surface area contributed by atoms with Crippen LogP contribution in [0.3, 0.4) is 0 Å². The van der Waals surface area contributed by atoms with Gasteiger partial charge in [0.15, 0.2) is 11.5 Å². The molecule has 4 atom stereocenters. The quantitative estimate of drug-likeness (QED) is 0.588. The summed E-state index contributed by atoms with van der Waals surface area (Å²) < 4.78 is 27.7. The lowest BCUT2D eigenvalue weighted by Crippen LogP contribution is -2.46. The Morgan fingerprint density at radius 1 is 0.818 bits per heavy atom. The standard InChI is InChI=1S/C25H29NO7/c1-26-17-12-18(14-19(26)20(13-17)33-24(27)15-8-6-5-7-9-15)32-25(28)16-10-21(29-2)23(31-4)22(11-16)30-3/h5-11,17-20H,12-14H2,1-4H3. The number of likely N-dealkylation sites (N-methyl/N-ethyl adjacent to an activating group) is 1. The van der Waals surface area contributed by atoms with Gasteiger partial charge < -0.3 is 23.7 Å². The Balaban J connectivity index is 1.44. The molecule has 0 radical (unpaired) electrons. The predicted octanol–water partition coefficient (Wildman–Crippen LogP) is 3.33. The van der Waals surface area contributed by atoms with Gasteiger partial charge in [-0.2, -0.15) is 0 Å². The molecule has 8 heteroatoms. The molecule has 0 saturated carbocycles. The zero-order valence-corrected chi connectivity index (χ0v) is 19.3. The minimum Gasteiger partial charge on any atom is -0.493 e. The fourth-order valence-electron chi connectivity index (χ4n) is 4.80. The first-order valence-electron chi connectivity index (χ1n) is 10.9. The average molecular weight is 456 g/mol. The second-order valence-electron chi connectivity index (χ2n) is 8.34. The number of carbonyl (C=O) groups excluding carboxylic acids is 2. The largest absolute Gasteiger partial charge is 0.493 e. The Labute approximate surface area is 193 Å². The lowest BCUT2D eigenvalue weighted by molar-refractivity contribution is -0.0152. The number of carbonyl (C=O) groups is 2. The highest BCUT2D eigenvalue weighted by Crippen LogP contribution is 2.40. The van der Waals surface area contributed by atoms with Crippen molar-refractivity contribution in [2.45, 2.75) is 43.6 Å². The predicted molar refractivity (Wildman–Crippen MR) is 120 cm³/mol. The van der Waals surface area contributed by atoms with Crippen molar-refractivity contribution >= 4 is 11.9 Å². The number of hydrogen-bond donors (Lipinski definition) is 0. The van der Waals surface area contributed by atoms with Crippen molar-refractivity contribution < 1.29 is 33.3 Å². The Morgan fingerprint density at radius 2 is 1.45 bits per heavy atom. The van der Waals surface area contributed by atoms with Crippen LogP contribution in [0.2, 0.25) is 0 Å². The van der Waals surface area contributed by atoms with Gasteiger partial charge in [0, 0.05) is 25.3 Å². The number of methoxy groups -OCH3 is 3. The lowest BCUT2D eigenvalue weighted by atomic mass is 10.00. The molecule has 2 aromatic rings. The molecule has 2 fully saturated rings. The number of nitrogens with zero attached hydrogens (tertiary/aromatic N) is 1. The molecular formula is C25H29NO7. The van der Waals surface area contributed by atoms with Crippen LogP contribution in [0.25, 0.3) is 0 Å². The van der Waals surface area contributed by atoms with E-state index >= 15 is 0 Å². The van der Waals surface area contributed by atoms with Gasteiger partial charge in [-0.25, -0.2) is 9.59 Å². The summed E-state index contributed by atoms with van der Waals surface area (Å²) >= 11 is 0. The molecule has 0 aliphatic carbocycles. The summed E-state index contributed by atoms with van der Waals surface area (Å²) in [6, 6.07) is 12.3. The topological polar surface area (TPSA) is 83.5 Å². The highest BCUT2D eigenvalue weighted by Gasteiger charge is 2.48. The fourth-order valence-corrected chi connectivity index (χ4v) is 4.80. The Bertz CT molecular complexity index is 984. The molecule has 4 rings (SSSR count). The van der Waals surface area contributed by atoms with Crippen LogP contribution in [0.15, 0.2) is 42.5 Å². The van der Waals surface area contributed by atoms with Crippen LogP contribution in [-0.2, 0) is 9.47 Å². The molecule has 2 saturated heterocycles. The summed E-state index contributed by atoms with van der Waals surface area (Å²) in [5.74, 6) is 0.408. The van der Waals surface area contributed by atoms with Gasteiger partial charge in [-0.05, 0) is 31.3 Å². The third kappa shape index (κ3) is 4.61. The molecule has 0 aromatic heterocycles. The monoisotopic (exact) mass is 455 g/mol. The van der Waals surface area contributed by atoms with Gasteiger partial charge in [0.05, 0.1) is 38.5 Å². The third-order valence-corrected chi connectivity index (χ3v) is 6.51. The van der Waals surface area contributed by atoms with Crippen molar-refractivity contribution in [2.75, 3.05) is 28.4 Å². The molecule has 2 aliphatic heterocycles. The third-order valence-electron chi connectivity index (χ3n) is 6.51. The van der Waals surface area contributed by atoms with Crippen molar-refractivity contribution in [1.29, 1.82) is 0 Å². The van der Waals surface area contributed by atoms with E-state index in [2.05, 4.69) is 4.90 Å². The first-order valence-corrected chi connectivity index (χ1v) is 10.9. The number of benzene rings is 2. The summed E-state index contributed by atoms with van der Waals surface area (Å²) in [5, 5.41) is 0. The summed E-state index contributed by atoms with van der Waals surface area (Å²) in [5.41, 5.74) is 0.856. The van der Waals surface area contributed by atoms with Crippen molar-refractivity contribution in [3.05, 3.63) is 53.6 Å². The molecule has 2 bridgehead atoms. The van der Waals surface area contributed by atoms with Gasteiger partial charge in [0.25, 0.3) is 0 Å². The highest BCUT2D eigenvalue weighted by molar-refractivity contribution is 5.91. The fraction of sp³-hybridized carbons (Fsp3) is 0.440. The van der Waals surface area contributed by atoms with E-state index < -0.39 is 5.97 Å². The zero-order valence-electron chi connectivity index (χ0n) is 19.3. The van der Waals surface area contributed by atoms with E-state index in [0.717, 1.165) is 6.42 Å². The smallest absolute Gasteiger partial charge is 0.338 e. The van der Waals surface area contributed by atoms with E-state index in [-0.39, 0.29) is 30.3 Å². The van der Waals surface area contributed by atoms with E-state index in [9.17, 15) is 9.59 Å². The number of fused-ring (bicyclic) bond motifs is 2. The van der Waals surface area contributed by atoms with Crippen molar-refractivity contribution in [3.63, 3.8) is 0 Å². The maximum atomic E-state index is 12.9. The van der Waals surface area contributed by atoms with Crippen LogP contribution in [-0.4, -0.2) is 69.5 Å². The van der Waals surface area contributed by atoms with Gasteiger partial charge in [-0.3, -0.25) is 4.90 Å². The Morgan fingerprint density at radius 3 is 2.06 bits per heavy atom. The minimum atomic E-state index is -0.457. The van der Waals surface area contributed by atoms with Gasteiger partial charge in [0.2, 0.25) is 5.75 Å². The van der Waals surface area contributed by atoms with Crippen molar-refractivity contribution in [2.24, 2.45) is 0 Å². The molecule has 4 unspecified atom stereocenters. The first kappa shape index (κ1) is 22.9. The van der Waals surface area contributed by atoms with Crippen LogP contribution >= 0.6 is 0 Å². The van der Waals surface area contributed by atoms with Crippen LogP contribution in [0.1, 0.15) is 40.0 Å². The van der Waals surface area contributed by atoms with Gasteiger partial charge in [-0.1, -0.05) is 18.2 Å². The van der Waals surface area contributed by atoms with E-state index in [1.807, 2.05) is 25.2 Å². The van der Waals surface area contributed by atoms with E-state index in [0.29, 0.717) is 41.2 Å².